The molecule has 12 heavy (non-hydrogen) atoms. The maximum Gasteiger partial charge on any atom is 0.306 e. The predicted octanol–water partition coefficient (Wildman–Crippen LogP) is 0.882. The van der Waals surface area contributed by atoms with Crippen molar-refractivity contribution in [2.24, 2.45) is 0 Å². The van der Waals surface area contributed by atoms with Crippen LogP contribution >= 0.6 is 17.1 Å². The molecule has 0 saturated carbocycles. The van der Waals surface area contributed by atoms with Crippen LogP contribution in [-0.2, 0) is 21.3 Å². The molecule has 0 aliphatic heterocycles. The molecule has 0 saturated heterocycles. The number of hydrogen-bond donors (Lipinski definition) is 2. The summed E-state index contributed by atoms with van der Waals surface area (Å²) in [5.41, 5.74) is -3.20. The smallest absolute Gasteiger partial charge is 0.306 e. The quantitative estimate of drug-likeness (QED) is 0.540. The van der Waals surface area contributed by atoms with Gasteiger partial charge in [0.05, 0.1) is 13.0 Å². The summed E-state index contributed by atoms with van der Waals surface area (Å²) < 4.78 is 4.62. The third kappa shape index (κ3) is 8.49. The molecule has 0 aliphatic rings. The van der Waals surface area contributed by atoms with Crippen LogP contribution in [0.25, 0.3) is 0 Å². The molecule has 0 rings (SSSR count). The summed E-state index contributed by atoms with van der Waals surface area (Å²) in [6, 6.07) is 0. The second-order valence-corrected chi connectivity index (χ2v) is 8.05. The van der Waals surface area contributed by atoms with E-state index in [0.717, 1.165) is 11.4 Å². The van der Waals surface area contributed by atoms with Crippen LogP contribution in [0, 0.1) is 0 Å². The van der Waals surface area contributed by atoms with Gasteiger partial charge in [0.1, 0.15) is 0 Å². The lowest BCUT2D eigenvalue weighted by molar-refractivity contribution is -0.142. The number of carbonyl (C=O) groups excluding carboxylic acids is 1. The molecule has 0 fully saturated rings. The number of rotatable bonds is 5. The molecule has 0 heterocycles. The third-order valence-corrected chi connectivity index (χ3v) is 4.10. The van der Waals surface area contributed by atoms with Crippen molar-refractivity contribution in [1.29, 1.82) is 0 Å². The summed E-state index contributed by atoms with van der Waals surface area (Å²) in [7, 11) is 0. The van der Waals surface area contributed by atoms with Crippen LogP contribution in [0.1, 0.15) is 13.3 Å². The van der Waals surface area contributed by atoms with Gasteiger partial charge in [-0.15, -0.1) is 0 Å². The van der Waals surface area contributed by atoms with Crippen LogP contribution in [0.2, 0.25) is 0 Å². The Labute approximate surface area is 80.2 Å². The first-order valence-electron chi connectivity index (χ1n) is 3.31. The highest BCUT2D eigenvalue weighted by atomic mass is 32.9. The molecular weight excluding hydrogens is 219 g/mol. The molecule has 2 N–H and O–H groups in total. The third-order valence-electron chi connectivity index (χ3n) is 0.871. The van der Waals surface area contributed by atoms with E-state index in [1.807, 2.05) is 0 Å². The van der Waals surface area contributed by atoms with Gasteiger partial charge < -0.3 is 14.5 Å². The molecule has 0 spiro atoms. The first-order valence-corrected chi connectivity index (χ1v) is 7.61. The van der Waals surface area contributed by atoms with E-state index in [1.54, 1.807) is 6.92 Å². The van der Waals surface area contributed by atoms with E-state index >= 15 is 0 Å². The topological polar surface area (TPSA) is 66.8 Å². The Kier molecular flexibility index (Phi) is 6.13. The van der Waals surface area contributed by atoms with Gasteiger partial charge >= 0.3 is 5.97 Å². The molecule has 0 amide bonds. The van der Waals surface area contributed by atoms with E-state index in [4.69, 9.17) is 9.79 Å². The molecule has 7 heteroatoms. The van der Waals surface area contributed by atoms with E-state index in [2.05, 4.69) is 16.5 Å². The lowest BCUT2D eigenvalue weighted by Gasteiger charge is -2.05. The van der Waals surface area contributed by atoms with Gasteiger partial charge in [-0.25, -0.2) is 0 Å². The highest BCUT2D eigenvalue weighted by Gasteiger charge is 2.09. The van der Waals surface area contributed by atoms with Crippen molar-refractivity contribution < 1.29 is 19.3 Å². The van der Waals surface area contributed by atoms with Crippen molar-refractivity contribution in [1.82, 2.24) is 0 Å². The normalized spacial score (nSPS) is 11.2. The highest BCUT2D eigenvalue weighted by Crippen LogP contribution is 2.50. The minimum absolute atomic E-state index is 0.165. The number of hydrogen-bond acceptors (Lipinski definition) is 4. The van der Waals surface area contributed by atoms with E-state index in [-0.39, 0.29) is 12.4 Å². The Morgan fingerprint density at radius 3 is 2.67 bits per heavy atom. The van der Waals surface area contributed by atoms with Crippen LogP contribution in [-0.4, -0.2) is 28.1 Å². The summed E-state index contributed by atoms with van der Waals surface area (Å²) >= 11 is 5.16. The predicted molar refractivity (Wildman–Crippen MR) is 52.4 cm³/mol. The summed E-state index contributed by atoms with van der Waals surface area (Å²) in [5, 5.41) is 0. The van der Waals surface area contributed by atoms with Crippen LogP contribution < -0.4 is 0 Å². The Morgan fingerprint density at radius 1 is 1.67 bits per heavy atom. The van der Waals surface area contributed by atoms with Gasteiger partial charge in [0.15, 0.2) is 0 Å². The van der Waals surface area contributed by atoms with Gasteiger partial charge in [-0.3, -0.25) is 4.79 Å². The van der Waals surface area contributed by atoms with Crippen molar-refractivity contribution in [2.45, 2.75) is 13.3 Å². The van der Waals surface area contributed by atoms with Gasteiger partial charge in [0, 0.05) is 5.75 Å². The first kappa shape index (κ1) is 12.4. The fraction of sp³-hybridized carbons (Fsp3) is 0.800. The molecule has 0 bridgehead atoms. The van der Waals surface area contributed by atoms with E-state index < -0.39 is 5.69 Å². The summed E-state index contributed by atoms with van der Waals surface area (Å²) in [6.07, 6.45) is 0.165. The monoisotopic (exact) mass is 230 g/mol. The Hall–Kier alpha value is 0.390. The molecule has 0 unspecified atom stereocenters. The van der Waals surface area contributed by atoms with Crippen molar-refractivity contribution in [3.05, 3.63) is 0 Å². The van der Waals surface area contributed by atoms with E-state index in [9.17, 15) is 4.79 Å². The summed E-state index contributed by atoms with van der Waals surface area (Å²) in [4.78, 5) is 28.2. The fourth-order valence-corrected chi connectivity index (χ4v) is 2.64. The molecule has 0 aromatic carbocycles. The Bertz CT molecular complexity index is 190. The van der Waals surface area contributed by atoms with Crippen molar-refractivity contribution in [3.63, 3.8) is 0 Å². The zero-order valence-electron chi connectivity index (χ0n) is 6.60. The number of carbonyl (C=O) groups is 1. The Morgan fingerprint density at radius 2 is 2.25 bits per heavy atom. The molecule has 0 atom stereocenters. The minimum Gasteiger partial charge on any atom is -0.466 e. The second kappa shape index (κ2) is 5.94. The fourth-order valence-electron chi connectivity index (χ4n) is 0.481. The highest BCUT2D eigenvalue weighted by molar-refractivity contribution is 8.67. The van der Waals surface area contributed by atoms with Crippen LogP contribution in [0.4, 0.5) is 0 Å². The zero-order chi connectivity index (χ0) is 9.61. The average molecular weight is 230 g/mol. The maximum atomic E-state index is 10.7. The molecule has 0 aliphatic carbocycles. The SMILES string of the molecule is CCOC(=O)CCSP(O)(O)=S. The van der Waals surface area contributed by atoms with Gasteiger partial charge in [0.25, 0.3) is 0 Å². The van der Waals surface area contributed by atoms with Crippen LogP contribution in [0.5, 0.6) is 0 Å². The van der Waals surface area contributed by atoms with E-state index in [0.29, 0.717) is 12.4 Å². The van der Waals surface area contributed by atoms with Crippen molar-refractivity contribution >= 4 is 34.9 Å². The summed E-state index contributed by atoms with van der Waals surface area (Å²) in [6.45, 7) is 2.06. The van der Waals surface area contributed by atoms with Gasteiger partial charge in [-0.05, 0) is 18.7 Å². The standard InChI is InChI=1S/C5H11O4PS2/c1-2-9-5(6)3-4-12-10(7,8)11/h2-4H2,1H3,(H2,7,8,11). The largest absolute Gasteiger partial charge is 0.466 e. The first-order chi connectivity index (χ1) is 5.45. The molecule has 4 nitrogen and oxygen atoms in total. The number of ether oxygens (including phenoxy) is 1. The number of esters is 1. The zero-order valence-corrected chi connectivity index (χ0v) is 9.12. The molecule has 72 valence electrons. The minimum atomic E-state index is -3.20. The molecule has 0 aromatic heterocycles. The molecular formula is C5H11O4PS2. The van der Waals surface area contributed by atoms with Crippen molar-refractivity contribution in [2.75, 3.05) is 12.4 Å². The lowest BCUT2D eigenvalue weighted by Crippen LogP contribution is -2.04. The maximum absolute atomic E-state index is 10.7. The molecule has 0 radical (unpaired) electrons. The van der Waals surface area contributed by atoms with Crippen molar-refractivity contribution in [3.8, 4) is 0 Å². The Balaban J connectivity index is 3.44. The van der Waals surface area contributed by atoms with E-state index in [1.165, 1.54) is 0 Å². The van der Waals surface area contributed by atoms with Gasteiger partial charge in [-0.2, -0.15) is 0 Å². The average Bonchev–Trinajstić information content (AvgIpc) is 1.84. The second-order valence-electron chi connectivity index (χ2n) is 1.88. The molecule has 0 aromatic rings. The van der Waals surface area contributed by atoms with Gasteiger partial charge in [0.2, 0.25) is 5.69 Å². The van der Waals surface area contributed by atoms with Gasteiger partial charge in [-0.1, -0.05) is 11.4 Å². The van der Waals surface area contributed by atoms with Crippen LogP contribution in [0.15, 0.2) is 0 Å². The van der Waals surface area contributed by atoms with Crippen LogP contribution in [0.3, 0.4) is 0 Å². The summed E-state index contributed by atoms with van der Waals surface area (Å²) in [5.74, 6) is -0.0446. The lowest BCUT2D eigenvalue weighted by atomic mass is 10.5.